The van der Waals surface area contributed by atoms with E-state index in [-0.39, 0.29) is 58.3 Å². The molecule has 0 fully saturated rings. The first kappa shape index (κ1) is 29.3. The lowest BCUT2D eigenvalue weighted by Gasteiger charge is -2.38. The molecule has 1 heterocycles. The van der Waals surface area contributed by atoms with Crippen LogP contribution in [0, 0.1) is 20.2 Å². The average Bonchev–Trinajstić information content (AvgIpc) is 2.92. The summed E-state index contributed by atoms with van der Waals surface area (Å²) in [6.45, 7) is 4.74. The van der Waals surface area contributed by atoms with Crippen LogP contribution in [0.2, 0.25) is 0 Å². The highest BCUT2D eigenvalue weighted by molar-refractivity contribution is 7.99. The number of nitro benzene ring substituents is 2. The van der Waals surface area contributed by atoms with Gasteiger partial charge >= 0.3 is 11.9 Å². The number of nitrogens with zero attached hydrogens (tertiary/aromatic N) is 2. The van der Waals surface area contributed by atoms with Gasteiger partial charge in [0.2, 0.25) is 0 Å². The Kier molecular flexibility index (Phi) is 9.09. The lowest BCUT2D eigenvalue weighted by Crippen LogP contribution is -2.41. The molecule has 206 valence electrons. The number of ether oxygens (including phenoxy) is 2. The van der Waals surface area contributed by atoms with Gasteiger partial charge in [-0.2, -0.15) is 0 Å². The van der Waals surface area contributed by atoms with Crippen molar-refractivity contribution in [1.29, 1.82) is 0 Å². The summed E-state index contributed by atoms with van der Waals surface area (Å²) < 4.78 is 10.6. The number of allylic oxidation sites excluding steroid dienone is 1. The molecule has 0 saturated heterocycles. The van der Waals surface area contributed by atoms with Crippen LogP contribution >= 0.6 is 11.8 Å². The quantitative estimate of drug-likeness (QED) is 0.187. The smallest absolute Gasteiger partial charge is 0.336 e. The number of benzene rings is 2. The van der Waals surface area contributed by atoms with Gasteiger partial charge in [-0.05, 0) is 44.7 Å². The van der Waals surface area contributed by atoms with Gasteiger partial charge in [0.15, 0.2) is 4.93 Å². The van der Waals surface area contributed by atoms with E-state index in [1.54, 1.807) is 27.0 Å². The summed E-state index contributed by atoms with van der Waals surface area (Å²) >= 11 is 0.923. The highest BCUT2D eigenvalue weighted by atomic mass is 32.2. The van der Waals surface area contributed by atoms with Crippen LogP contribution in [0.15, 0.2) is 71.1 Å². The van der Waals surface area contributed by atoms with E-state index in [0.717, 1.165) is 11.8 Å². The third-order valence-electron chi connectivity index (χ3n) is 6.07. The summed E-state index contributed by atoms with van der Waals surface area (Å²) in [6, 6.07) is 10.6. The number of hydrogen-bond donors (Lipinski definition) is 2. The lowest BCUT2D eigenvalue weighted by atomic mass is 9.78. The molecule has 3 rings (SSSR count). The van der Waals surface area contributed by atoms with Gasteiger partial charge in [0.05, 0.1) is 45.8 Å². The number of esters is 2. The van der Waals surface area contributed by atoms with E-state index in [0.29, 0.717) is 0 Å². The van der Waals surface area contributed by atoms with Crippen LogP contribution in [-0.4, -0.2) is 46.4 Å². The minimum absolute atomic E-state index is 0.0105. The van der Waals surface area contributed by atoms with Crippen LogP contribution in [0.3, 0.4) is 0 Å². The summed E-state index contributed by atoms with van der Waals surface area (Å²) in [4.78, 5) is 46.3. The Labute approximate surface area is 228 Å². The van der Waals surface area contributed by atoms with E-state index >= 15 is 0 Å². The van der Waals surface area contributed by atoms with Gasteiger partial charge in [-0.25, -0.2) is 9.59 Å². The number of carbonyl (C=O) groups is 2. The van der Waals surface area contributed by atoms with Gasteiger partial charge in [-0.15, -0.1) is 11.8 Å². The fraction of sp³-hybridized carbons (Fsp3) is 0.308. The summed E-state index contributed by atoms with van der Waals surface area (Å²) in [6.07, 6.45) is 1.57. The van der Waals surface area contributed by atoms with Crippen LogP contribution in [0.1, 0.15) is 37.8 Å². The minimum atomic E-state index is -1.97. The van der Waals surface area contributed by atoms with Gasteiger partial charge in [-0.3, -0.25) is 20.2 Å². The maximum Gasteiger partial charge on any atom is 0.336 e. The highest BCUT2D eigenvalue weighted by Gasteiger charge is 2.46. The molecule has 0 aliphatic carbocycles. The fourth-order valence-corrected chi connectivity index (χ4v) is 5.06. The Morgan fingerprint density at radius 2 is 1.54 bits per heavy atom. The van der Waals surface area contributed by atoms with Crippen molar-refractivity contribution in [2.45, 2.75) is 31.6 Å². The standard InChI is InChI=1S/C26H27N3O9S/c1-5-37-24(30)20-15(3)27-23(26(32,39-4)17-10-12-18(13-11-17)28(33)34)22(25(31)38-6-2)21(20)16-8-7-9-19(14-16)29(35)36/h7-14,21,27,32H,5-6H2,1-4H3. The predicted octanol–water partition coefficient (Wildman–Crippen LogP) is 4.05. The van der Waals surface area contributed by atoms with Crippen molar-refractivity contribution in [3.05, 3.63) is 102 Å². The Balaban J connectivity index is 2.39. The molecule has 0 bridgehead atoms. The van der Waals surface area contributed by atoms with E-state index in [1.807, 2.05) is 0 Å². The molecule has 2 unspecified atom stereocenters. The monoisotopic (exact) mass is 557 g/mol. The molecule has 0 radical (unpaired) electrons. The van der Waals surface area contributed by atoms with Crippen molar-refractivity contribution in [2.75, 3.05) is 19.5 Å². The molecule has 0 aromatic heterocycles. The van der Waals surface area contributed by atoms with Crippen molar-refractivity contribution in [3.63, 3.8) is 0 Å². The summed E-state index contributed by atoms with van der Waals surface area (Å²) in [7, 11) is 0. The van der Waals surface area contributed by atoms with E-state index in [4.69, 9.17) is 9.47 Å². The molecule has 0 saturated carbocycles. The molecule has 2 aromatic rings. The zero-order valence-electron chi connectivity index (χ0n) is 21.6. The Morgan fingerprint density at radius 3 is 2.05 bits per heavy atom. The second kappa shape index (κ2) is 12.1. The number of hydrogen-bond acceptors (Lipinski definition) is 11. The number of aliphatic hydroxyl groups is 1. The van der Waals surface area contributed by atoms with Crippen molar-refractivity contribution in [3.8, 4) is 0 Å². The maximum atomic E-state index is 13.5. The molecule has 13 heteroatoms. The zero-order valence-corrected chi connectivity index (χ0v) is 22.4. The van der Waals surface area contributed by atoms with Crippen LogP contribution in [0.25, 0.3) is 0 Å². The number of nitro groups is 2. The third kappa shape index (κ3) is 5.78. The molecule has 1 aliphatic rings. The van der Waals surface area contributed by atoms with Gasteiger partial charge in [-0.1, -0.05) is 12.1 Å². The van der Waals surface area contributed by atoms with Crippen LogP contribution in [-0.2, 0) is 24.0 Å². The normalized spacial score (nSPS) is 16.7. The number of dihydropyridines is 1. The van der Waals surface area contributed by atoms with Crippen LogP contribution in [0.5, 0.6) is 0 Å². The second-order valence-electron chi connectivity index (χ2n) is 8.33. The van der Waals surface area contributed by atoms with Crippen LogP contribution in [0.4, 0.5) is 11.4 Å². The van der Waals surface area contributed by atoms with Gasteiger partial charge in [0.1, 0.15) is 0 Å². The largest absolute Gasteiger partial charge is 0.463 e. The maximum absolute atomic E-state index is 13.5. The Bertz CT molecular complexity index is 1370. The molecule has 39 heavy (non-hydrogen) atoms. The lowest BCUT2D eigenvalue weighted by molar-refractivity contribution is -0.385. The SMILES string of the molecule is CCOC(=O)C1=C(C)NC(C(O)(SC)c2ccc([N+](=O)[O-])cc2)=C(C(=O)OCC)C1c1cccc([N+](=O)[O-])c1. The van der Waals surface area contributed by atoms with Crippen molar-refractivity contribution in [2.24, 2.45) is 0 Å². The number of non-ortho nitro benzene ring substituents is 2. The van der Waals surface area contributed by atoms with Crippen LogP contribution < -0.4 is 5.32 Å². The van der Waals surface area contributed by atoms with E-state index < -0.39 is 32.6 Å². The van der Waals surface area contributed by atoms with Crippen molar-refractivity contribution >= 4 is 35.1 Å². The van der Waals surface area contributed by atoms with Crippen molar-refractivity contribution < 1.29 is 34.0 Å². The molecule has 0 amide bonds. The molecule has 2 N–H and O–H groups in total. The molecular formula is C26H27N3O9S. The zero-order chi connectivity index (χ0) is 28.9. The Morgan fingerprint density at radius 1 is 0.974 bits per heavy atom. The topological polar surface area (TPSA) is 171 Å². The number of nitrogens with one attached hydrogen (secondary N) is 1. The first-order valence-electron chi connectivity index (χ1n) is 11.8. The fourth-order valence-electron chi connectivity index (χ4n) is 4.33. The first-order chi connectivity index (χ1) is 18.5. The van der Waals surface area contributed by atoms with Gasteiger partial charge in [0, 0.05) is 35.5 Å². The second-order valence-corrected chi connectivity index (χ2v) is 9.33. The average molecular weight is 558 g/mol. The third-order valence-corrected chi connectivity index (χ3v) is 7.10. The summed E-state index contributed by atoms with van der Waals surface area (Å²) in [5.41, 5.74) is -0.0131. The van der Waals surface area contributed by atoms with E-state index in [2.05, 4.69) is 5.32 Å². The molecule has 1 aliphatic heterocycles. The molecule has 0 spiro atoms. The van der Waals surface area contributed by atoms with Gasteiger partial charge < -0.3 is 19.9 Å². The predicted molar refractivity (Wildman–Crippen MR) is 142 cm³/mol. The first-order valence-corrected chi connectivity index (χ1v) is 13.1. The van der Waals surface area contributed by atoms with Gasteiger partial charge in [0.25, 0.3) is 11.4 Å². The number of rotatable bonds is 10. The Hall–Kier alpha value is -4.23. The molecular weight excluding hydrogens is 530 g/mol. The highest BCUT2D eigenvalue weighted by Crippen LogP contribution is 2.48. The molecule has 12 nitrogen and oxygen atoms in total. The summed E-state index contributed by atoms with van der Waals surface area (Å²) in [5, 5.41) is 37.7. The molecule has 2 atom stereocenters. The number of thioether (sulfide) groups is 1. The van der Waals surface area contributed by atoms with E-state index in [9.17, 15) is 34.9 Å². The summed E-state index contributed by atoms with van der Waals surface area (Å²) in [5.74, 6) is -2.85. The van der Waals surface area contributed by atoms with Crippen molar-refractivity contribution in [1.82, 2.24) is 5.32 Å². The molecule has 2 aromatic carbocycles. The van der Waals surface area contributed by atoms with E-state index in [1.165, 1.54) is 48.5 Å². The minimum Gasteiger partial charge on any atom is -0.463 e. The number of carbonyl (C=O) groups excluding carboxylic acids is 2.